The van der Waals surface area contributed by atoms with Gasteiger partial charge in [0.1, 0.15) is 6.17 Å². The van der Waals surface area contributed by atoms with Gasteiger partial charge in [-0.1, -0.05) is 6.92 Å². The molecule has 0 saturated carbocycles. The molecule has 5 nitrogen and oxygen atoms in total. The van der Waals surface area contributed by atoms with E-state index in [0.717, 1.165) is 25.8 Å². The second kappa shape index (κ2) is 12.3. The van der Waals surface area contributed by atoms with Crippen molar-refractivity contribution in [2.24, 2.45) is 4.99 Å². The Morgan fingerprint density at radius 3 is 1.86 bits per heavy atom. The third-order valence-electron chi connectivity index (χ3n) is 3.07. The maximum absolute atomic E-state index is 5.83. The van der Waals surface area contributed by atoms with Crippen molar-refractivity contribution in [3.63, 3.8) is 0 Å². The molecule has 0 aliphatic carbocycles. The molecule has 0 aliphatic heterocycles. The molecule has 0 N–H and O–H groups in total. The van der Waals surface area contributed by atoms with Crippen LogP contribution in [-0.2, 0) is 13.3 Å². The average Bonchev–Trinajstić information content (AvgIpc) is 2.43. The average molecular weight is 319 g/mol. The molecule has 0 aromatic rings. The zero-order valence-corrected chi connectivity index (χ0v) is 15.8. The van der Waals surface area contributed by atoms with Crippen LogP contribution in [0.2, 0.25) is 0 Å². The highest BCUT2D eigenvalue weighted by Gasteiger charge is 2.40. The monoisotopic (exact) mass is 318 g/mol. The van der Waals surface area contributed by atoms with Gasteiger partial charge in [-0.15, -0.1) is 0 Å². The van der Waals surface area contributed by atoms with Gasteiger partial charge in [0.15, 0.2) is 0 Å². The van der Waals surface area contributed by atoms with Crippen LogP contribution in [0, 0.1) is 0 Å². The molecule has 0 amide bonds. The zero-order valence-electron chi connectivity index (χ0n) is 14.8. The summed E-state index contributed by atoms with van der Waals surface area (Å²) < 4.78 is 17.5. The molecule has 0 saturated heterocycles. The summed E-state index contributed by atoms with van der Waals surface area (Å²) in [6.07, 6.45) is 3.67. The lowest BCUT2D eigenvalue weighted by molar-refractivity contribution is 0.0729. The van der Waals surface area contributed by atoms with E-state index in [-0.39, 0.29) is 0 Å². The highest BCUT2D eigenvalue weighted by atomic mass is 28.4. The van der Waals surface area contributed by atoms with Crippen molar-refractivity contribution in [3.8, 4) is 0 Å². The smallest absolute Gasteiger partial charge is 0.373 e. The van der Waals surface area contributed by atoms with Crippen molar-refractivity contribution in [2.45, 2.75) is 47.0 Å². The van der Waals surface area contributed by atoms with E-state index in [9.17, 15) is 0 Å². The van der Waals surface area contributed by atoms with Crippen LogP contribution in [0.3, 0.4) is 0 Å². The van der Waals surface area contributed by atoms with Gasteiger partial charge in [0, 0.05) is 25.5 Å². The number of nitrogens with zero attached hydrogens (tertiary/aromatic N) is 2. The van der Waals surface area contributed by atoms with Gasteiger partial charge in [0.05, 0.1) is 0 Å². The van der Waals surface area contributed by atoms with E-state index in [0.29, 0.717) is 26.0 Å². The lowest BCUT2D eigenvalue weighted by Gasteiger charge is -2.27. The fourth-order valence-corrected chi connectivity index (χ4v) is 4.36. The molecule has 0 aliphatic rings. The van der Waals surface area contributed by atoms with E-state index in [1.165, 1.54) is 5.71 Å². The van der Waals surface area contributed by atoms with E-state index < -0.39 is 8.80 Å². The lowest BCUT2D eigenvalue weighted by atomic mass is 10.1. The molecule has 6 heteroatoms. The highest BCUT2D eigenvalue weighted by Crippen LogP contribution is 2.12. The predicted molar refractivity (Wildman–Crippen MR) is 91.0 cm³/mol. The van der Waals surface area contributed by atoms with Crippen molar-refractivity contribution >= 4 is 14.5 Å². The molecule has 0 heterocycles. The Labute approximate surface area is 132 Å². The summed E-state index contributed by atoms with van der Waals surface area (Å²) in [5.41, 5.74) is 1.23. The highest BCUT2D eigenvalue weighted by molar-refractivity contribution is 6.61. The van der Waals surface area contributed by atoms with E-state index in [2.05, 4.69) is 25.9 Å². The topological polar surface area (TPSA) is 43.3 Å². The molecule has 0 aromatic carbocycles. The maximum atomic E-state index is 5.83. The molecule has 0 bridgehead atoms. The van der Waals surface area contributed by atoms with Crippen LogP contribution >= 0.6 is 0 Å². The van der Waals surface area contributed by atoms with Crippen LogP contribution in [0.4, 0.5) is 0 Å². The predicted octanol–water partition coefficient (Wildman–Crippen LogP) is 2.77. The molecular weight excluding hydrogens is 284 g/mol. The van der Waals surface area contributed by atoms with E-state index in [1.54, 1.807) is 0 Å². The first-order chi connectivity index (χ1) is 10.0. The summed E-state index contributed by atoms with van der Waals surface area (Å²) in [4.78, 5) is 6.95. The Morgan fingerprint density at radius 2 is 1.48 bits per heavy atom. The quantitative estimate of drug-likeness (QED) is 0.387. The molecule has 0 unspecified atom stereocenters. The molecule has 0 aromatic heterocycles. The molecule has 0 spiro atoms. The van der Waals surface area contributed by atoms with Gasteiger partial charge in [-0.25, -0.2) is 0 Å². The van der Waals surface area contributed by atoms with Crippen LogP contribution in [-0.4, -0.2) is 66.0 Å². The zero-order chi connectivity index (χ0) is 16.1. The van der Waals surface area contributed by atoms with E-state index >= 15 is 0 Å². The summed E-state index contributed by atoms with van der Waals surface area (Å²) in [6, 6.07) is 0. The van der Waals surface area contributed by atoms with Gasteiger partial charge in [-0.2, -0.15) is 0 Å². The first-order valence-corrected chi connectivity index (χ1v) is 10.0. The van der Waals surface area contributed by atoms with Gasteiger partial charge in [-0.3, -0.25) is 4.99 Å². The summed E-state index contributed by atoms with van der Waals surface area (Å²) in [7, 11) is 1.56. The first kappa shape index (κ1) is 20.7. The molecule has 0 rings (SSSR count). The number of aliphatic imine (C=N–C) groups is 1. The standard InChI is InChI=1S/C15H34N2O3Si/c1-7-15(12-11-13-17(5)6)16-14-21(18-8-2,19-9-3)20-10-4/h7-14H2,1-6H3. The number of hydrogen-bond acceptors (Lipinski definition) is 5. The largest absolute Gasteiger partial charge is 0.523 e. The summed E-state index contributed by atoms with van der Waals surface area (Å²) >= 11 is 0. The van der Waals surface area contributed by atoms with Gasteiger partial charge in [-0.05, 0) is 60.7 Å². The third-order valence-corrected chi connectivity index (χ3v) is 5.80. The molecule has 0 radical (unpaired) electrons. The second-order valence-electron chi connectivity index (χ2n) is 5.12. The summed E-state index contributed by atoms with van der Waals surface area (Å²) in [6.45, 7) is 11.0. The summed E-state index contributed by atoms with van der Waals surface area (Å²) in [5, 5.41) is 0. The molecule has 0 fully saturated rings. The lowest BCUT2D eigenvalue weighted by Crippen LogP contribution is -2.49. The minimum Gasteiger partial charge on any atom is -0.373 e. The minimum absolute atomic E-state index is 0.535. The van der Waals surface area contributed by atoms with E-state index in [1.807, 2.05) is 20.8 Å². The number of rotatable bonds is 13. The van der Waals surface area contributed by atoms with Crippen LogP contribution < -0.4 is 0 Å². The van der Waals surface area contributed by atoms with Crippen LogP contribution in [0.5, 0.6) is 0 Å². The van der Waals surface area contributed by atoms with Gasteiger partial charge in [0.2, 0.25) is 0 Å². The van der Waals surface area contributed by atoms with Gasteiger partial charge < -0.3 is 18.2 Å². The molecule has 21 heavy (non-hydrogen) atoms. The fourth-order valence-electron chi connectivity index (χ4n) is 2.10. The SMILES string of the molecule is CCO[Si](CN=C(CC)CCCN(C)C)(OCC)OCC. The Balaban J connectivity index is 4.66. The van der Waals surface area contributed by atoms with Crippen molar-refractivity contribution in [1.82, 2.24) is 4.90 Å². The molecular formula is C15H34N2O3Si. The van der Waals surface area contributed by atoms with Crippen LogP contribution in [0.1, 0.15) is 47.0 Å². The van der Waals surface area contributed by atoms with Gasteiger partial charge in [0.25, 0.3) is 0 Å². The van der Waals surface area contributed by atoms with Crippen LogP contribution in [0.25, 0.3) is 0 Å². The summed E-state index contributed by atoms with van der Waals surface area (Å²) in [5.74, 6) is 0. The number of hydrogen-bond donors (Lipinski definition) is 0. The fraction of sp³-hybridized carbons (Fsp3) is 0.933. The Hall–Kier alpha value is -0.273. The first-order valence-electron chi connectivity index (χ1n) is 8.12. The van der Waals surface area contributed by atoms with Crippen molar-refractivity contribution < 1.29 is 13.3 Å². The normalized spacial score (nSPS) is 13.2. The van der Waals surface area contributed by atoms with E-state index in [4.69, 9.17) is 18.3 Å². The Kier molecular flexibility index (Phi) is 12.1. The van der Waals surface area contributed by atoms with Crippen molar-refractivity contribution in [2.75, 3.05) is 46.6 Å². The molecule has 126 valence electrons. The Morgan fingerprint density at radius 1 is 0.952 bits per heavy atom. The second-order valence-corrected chi connectivity index (χ2v) is 7.67. The van der Waals surface area contributed by atoms with Crippen molar-refractivity contribution in [3.05, 3.63) is 0 Å². The molecule has 0 atom stereocenters. The Bertz CT molecular complexity index is 269. The third kappa shape index (κ3) is 9.37. The van der Waals surface area contributed by atoms with Crippen molar-refractivity contribution in [1.29, 1.82) is 0 Å². The van der Waals surface area contributed by atoms with Gasteiger partial charge >= 0.3 is 8.80 Å². The maximum Gasteiger partial charge on any atom is 0.523 e. The minimum atomic E-state index is -2.63. The van der Waals surface area contributed by atoms with Crippen LogP contribution in [0.15, 0.2) is 4.99 Å².